The van der Waals surface area contributed by atoms with Crippen LogP contribution in [0.2, 0.25) is 0 Å². The lowest BCUT2D eigenvalue weighted by Crippen LogP contribution is -2.46. The number of rotatable bonds is 1. The fourth-order valence-corrected chi connectivity index (χ4v) is 1.68. The van der Waals surface area contributed by atoms with E-state index in [2.05, 4.69) is 5.32 Å². The number of carbonyl (C=O) groups excluding carboxylic acids is 1. The maximum absolute atomic E-state index is 12.0. The van der Waals surface area contributed by atoms with Gasteiger partial charge in [0, 0.05) is 31.7 Å². The van der Waals surface area contributed by atoms with Gasteiger partial charge in [-0.15, -0.1) is 0 Å². The van der Waals surface area contributed by atoms with E-state index < -0.39 is 0 Å². The van der Waals surface area contributed by atoms with Crippen LogP contribution in [-0.2, 0) is 0 Å². The van der Waals surface area contributed by atoms with Crippen molar-refractivity contribution in [2.24, 2.45) is 0 Å². The largest absolute Gasteiger partial charge is 0.336 e. The van der Waals surface area contributed by atoms with Crippen molar-refractivity contribution in [3.8, 4) is 0 Å². The highest BCUT2D eigenvalue weighted by atomic mass is 16.2. The molecule has 1 aliphatic rings. The molecule has 2 radical (unpaired) electrons. The van der Waals surface area contributed by atoms with Crippen LogP contribution < -0.4 is 5.32 Å². The van der Waals surface area contributed by atoms with Crippen molar-refractivity contribution in [3.63, 3.8) is 0 Å². The van der Waals surface area contributed by atoms with E-state index >= 15 is 0 Å². The summed E-state index contributed by atoms with van der Waals surface area (Å²) in [5.74, 6) is 0.0940. The van der Waals surface area contributed by atoms with Crippen LogP contribution in [-0.4, -0.2) is 37.0 Å². The number of nitrogens with zero attached hydrogens (tertiary/aromatic N) is 1. The molecule has 78 valence electrons. The first-order valence-electron chi connectivity index (χ1n) is 5.13. The fraction of sp³-hybridized carbons (Fsp3) is 0.333. The molecular weight excluding hydrogens is 188 g/mol. The summed E-state index contributed by atoms with van der Waals surface area (Å²) in [5.41, 5.74) is 1.40. The van der Waals surface area contributed by atoms with Crippen molar-refractivity contribution in [3.05, 3.63) is 42.3 Å². The normalized spacial score (nSPS) is 16.5. The molecule has 1 amide bonds. The number of nitrogens with one attached hydrogen (secondary N) is 1. The van der Waals surface area contributed by atoms with Gasteiger partial charge in [0.2, 0.25) is 0 Å². The topological polar surface area (TPSA) is 32.3 Å². The molecule has 3 nitrogen and oxygen atoms in total. The highest BCUT2D eigenvalue weighted by molar-refractivity contribution is 5.94. The van der Waals surface area contributed by atoms with Gasteiger partial charge in [-0.05, 0) is 24.6 Å². The summed E-state index contributed by atoms with van der Waals surface area (Å²) in [5, 5.41) is 3.22. The Kier molecular flexibility index (Phi) is 3.02. The third-order valence-corrected chi connectivity index (χ3v) is 2.56. The van der Waals surface area contributed by atoms with Crippen LogP contribution in [0.5, 0.6) is 0 Å². The molecule has 2 rings (SSSR count). The minimum Gasteiger partial charge on any atom is -0.336 e. The van der Waals surface area contributed by atoms with E-state index in [1.54, 1.807) is 24.3 Å². The van der Waals surface area contributed by atoms with Gasteiger partial charge in [-0.25, -0.2) is 0 Å². The minimum absolute atomic E-state index is 0.0940. The highest BCUT2D eigenvalue weighted by Crippen LogP contribution is 2.07. The smallest absolute Gasteiger partial charge is 0.253 e. The van der Waals surface area contributed by atoms with Crippen molar-refractivity contribution in [2.75, 3.05) is 26.2 Å². The van der Waals surface area contributed by atoms with Crippen LogP contribution in [0.25, 0.3) is 0 Å². The number of amides is 1. The second-order valence-electron chi connectivity index (χ2n) is 3.66. The van der Waals surface area contributed by atoms with Gasteiger partial charge in [0.15, 0.2) is 0 Å². The summed E-state index contributed by atoms with van der Waals surface area (Å²) in [6, 6.07) is 7.07. The molecule has 0 aliphatic carbocycles. The van der Waals surface area contributed by atoms with Crippen LogP contribution in [0, 0.1) is 6.92 Å². The molecule has 0 bridgehead atoms. The molecule has 1 fully saturated rings. The predicted molar refractivity (Wildman–Crippen MR) is 58.6 cm³/mol. The summed E-state index contributed by atoms with van der Waals surface area (Å²) in [4.78, 5) is 13.8. The molecule has 3 heteroatoms. The minimum atomic E-state index is 0.0940. The molecule has 1 saturated heterocycles. The predicted octanol–water partition coefficient (Wildman–Crippen LogP) is 0.791. The van der Waals surface area contributed by atoms with E-state index in [1.165, 1.54) is 0 Å². The van der Waals surface area contributed by atoms with Crippen LogP contribution in [0.3, 0.4) is 0 Å². The molecule has 0 saturated carbocycles. The van der Waals surface area contributed by atoms with Crippen molar-refractivity contribution in [1.29, 1.82) is 0 Å². The Bertz CT molecular complexity index is 339. The summed E-state index contributed by atoms with van der Waals surface area (Å²) in [6.07, 6.45) is 0. The molecule has 0 atom stereocenters. The summed E-state index contributed by atoms with van der Waals surface area (Å²) >= 11 is 0. The van der Waals surface area contributed by atoms with Crippen LogP contribution in [0.4, 0.5) is 0 Å². The average molecular weight is 202 g/mol. The first-order chi connectivity index (χ1) is 7.27. The quantitative estimate of drug-likeness (QED) is 0.730. The number of carbonyl (C=O) groups is 1. The molecular formula is C12H14N2O. The lowest BCUT2D eigenvalue weighted by molar-refractivity contribution is 0.0736. The van der Waals surface area contributed by atoms with Crippen LogP contribution >= 0.6 is 0 Å². The Labute approximate surface area is 90.1 Å². The Morgan fingerprint density at radius 2 is 1.80 bits per heavy atom. The average Bonchev–Trinajstić information content (AvgIpc) is 2.30. The standard InChI is InChI=1S/C12H14N2O/c1-10-2-4-11(5-3-10)12(15)14-8-6-13-7-9-14/h1-5,13H,6-9H2. The zero-order valence-corrected chi connectivity index (χ0v) is 8.57. The van der Waals surface area contributed by atoms with E-state index in [1.807, 2.05) is 4.90 Å². The van der Waals surface area contributed by atoms with Gasteiger partial charge in [0.25, 0.3) is 5.91 Å². The first-order valence-corrected chi connectivity index (χ1v) is 5.13. The van der Waals surface area contributed by atoms with Crippen molar-refractivity contribution < 1.29 is 4.79 Å². The number of hydrogen-bond donors (Lipinski definition) is 1. The molecule has 1 aromatic carbocycles. The SMILES string of the molecule is [CH]c1ccc(C(=O)N2CCNCC2)cc1. The molecule has 0 spiro atoms. The summed E-state index contributed by atoms with van der Waals surface area (Å²) < 4.78 is 0. The monoisotopic (exact) mass is 202 g/mol. The highest BCUT2D eigenvalue weighted by Gasteiger charge is 2.17. The van der Waals surface area contributed by atoms with Crippen LogP contribution in [0.1, 0.15) is 15.9 Å². The Hall–Kier alpha value is -1.35. The van der Waals surface area contributed by atoms with E-state index in [0.717, 1.165) is 26.2 Å². The zero-order chi connectivity index (χ0) is 10.7. The maximum atomic E-state index is 12.0. The summed E-state index contributed by atoms with van der Waals surface area (Å²) in [6.45, 7) is 8.88. The fourth-order valence-electron chi connectivity index (χ4n) is 1.68. The lowest BCUT2D eigenvalue weighted by atomic mass is 10.1. The Morgan fingerprint density at radius 3 is 2.40 bits per heavy atom. The Balaban J connectivity index is 2.09. The van der Waals surface area contributed by atoms with Crippen molar-refractivity contribution in [2.45, 2.75) is 0 Å². The van der Waals surface area contributed by atoms with Crippen molar-refractivity contribution >= 4 is 5.91 Å². The molecule has 1 N–H and O–H groups in total. The van der Waals surface area contributed by atoms with Crippen LogP contribution in [0.15, 0.2) is 24.3 Å². The maximum Gasteiger partial charge on any atom is 0.253 e. The molecule has 1 aliphatic heterocycles. The van der Waals surface area contributed by atoms with Gasteiger partial charge in [-0.3, -0.25) is 4.79 Å². The Morgan fingerprint density at radius 1 is 1.20 bits per heavy atom. The van der Waals surface area contributed by atoms with Gasteiger partial charge in [-0.2, -0.15) is 0 Å². The van der Waals surface area contributed by atoms with E-state index in [4.69, 9.17) is 6.92 Å². The van der Waals surface area contributed by atoms with E-state index in [0.29, 0.717) is 11.1 Å². The van der Waals surface area contributed by atoms with Gasteiger partial charge in [-0.1, -0.05) is 12.1 Å². The number of benzene rings is 1. The zero-order valence-electron chi connectivity index (χ0n) is 8.57. The second kappa shape index (κ2) is 4.45. The second-order valence-corrected chi connectivity index (χ2v) is 3.66. The third-order valence-electron chi connectivity index (χ3n) is 2.56. The molecule has 0 aromatic heterocycles. The molecule has 0 unspecified atom stereocenters. The van der Waals surface area contributed by atoms with Crippen molar-refractivity contribution in [1.82, 2.24) is 10.2 Å². The number of piperazine rings is 1. The van der Waals surface area contributed by atoms with Gasteiger partial charge in [0.05, 0.1) is 0 Å². The molecule has 1 heterocycles. The van der Waals surface area contributed by atoms with Gasteiger partial charge in [0.1, 0.15) is 0 Å². The van der Waals surface area contributed by atoms with E-state index in [-0.39, 0.29) is 5.91 Å². The molecule has 1 aromatic rings. The third kappa shape index (κ3) is 2.36. The summed E-state index contributed by atoms with van der Waals surface area (Å²) in [7, 11) is 0. The van der Waals surface area contributed by atoms with Gasteiger partial charge >= 0.3 is 0 Å². The van der Waals surface area contributed by atoms with Gasteiger partial charge < -0.3 is 10.2 Å². The first kappa shape index (κ1) is 10.2. The molecule has 15 heavy (non-hydrogen) atoms. The van der Waals surface area contributed by atoms with E-state index in [9.17, 15) is 4.79 Å². The lowest BCUT2D eigenvalue weighted by Gasteiger charge is -2.27. The number of hydrogen-bond acceptors (Lipinski definition) is 2.